The first kappa shape index (κ1) is 11.9. The first-order valence-corrected chi connectivity index (χ1v) is 8.11. The van der Waals surface area contributed by atoms with E-state index < -0.39 is 5.60 Å². The largest absolute Gasteiger partial charge is 0.386 e. The standard InChI is InChI=1S/C15H19NO2S/c17-14(16-8-15(18,9-16)11-5-6-11)13-7-10-3-1-2-4-12(10)19-13/h7,11,18H,1-6,8-9H2. The summed E-state index contributed by atoms with van der Waals surface area (Å²) in [6, 6.07) is 2.09. The van der Waals surface area contributed by atoms with E-state index in [0.717, 1.165) is 30.6 Å². The summed E-state index contributed by atoms with van der Waals surface area (Å²) in [4.78, 5) is 16.5. The van der Waals surface area contributed by atoms with Crippen LogP contribution in [0.1, 0.15) is 45.8 Å². The van der Waals surface area contributed by atoms with Crippen molar-refractivity contribution in [2.24, 2.45) is 5.92 Å². The third-order valence-corrected chi connectivity index (χ3v) is 5.99. The van der Waals surface area contributed by atoms with Gasteiger partial charge in [-0.1, -0.05) is 0 Å². The monoisotopic (exact) mass is 277 g/mol. The molecular weight excluding hydrogens is 258 g/mol. The van der Waals surface area contributed by atoms with Gasteiger partial charge < -0.3 is 10.0 Å². The van der Waals surface area contributed by atoms with Crippen LogP contribution >= 0.6 is 11.3 Å². The van der Waals surface area contributed by atoms with Crippen molar-refractivity contribution in [3.8, 4) is 0 Å². The summed E-state index contributed by atoms with van der Waals surface area (Å²) < 4.78 is 0. The minimum Gasteiger partial charge on any atom is -0.386 e. The zero-order valence-electron chi connectivity index (χ0n) is 11.0. The summed E-state index contributed by atoms with van der Waals surface area (Å²) in [5.74, 6) is 0.581. The summed E-state index contributed by atoms with van der Waals surface area (Å²) in [5.41, 5.74) is 0.824. The van der Waals surface area contributed by atoms with E-state index in [1.165, 1.54) is 23.3 Å². The van der Waals surface area contributed by atoms with Crippen molar-refractivity contribution in [1.29, 1.82) is 0 Å². The molecule has 1 saturated heterocycles. The summed E-state index contributed by atoms with van der Waals surface area (Å²) >= 11 is 1.67. The number of aryl methyl sites for hydroxylation is 2. The van der Waals surface area contributed by atoms with E-state index in [1.54, 1.807) is 11.3 Å². The lowest BCUT2D eigenvalue weighted by molar-refractivity contribution is -0.0956. The first-order chi connectivity index (χ1) is 9.16. The average Bonchev–Trinajstić information content (AvgIpc) is 3.13. The van der Waals surface area contributed by atoms with Gasteiger partial charge in [0.05, 0.1) is 18.0 Å². The number of nitrogens with zero attached hydrogens (tertiary/aromatic N) is 1. The van der Waals surface area contributed by atoms with Crippen molar-refractivity contribution in [3.05, 3.63) is 21.4 Å². The molecule has 0 spiro atoms. The lowest BCUT2D eigenvalue weighted by Crippen LogP contribution is -2.64. The van der Waals surface area contributed by atoms with Crippen LogP contribution in [0.3, 0.4) is 0 Å². The summed E-state index contributed by atoms with van der Waals surface area (Å²) in [6.07, 6.45) is 7.04. The van der Waals surface area contributed by atoms with Crippen LogP contribution in [-0.2, 0) is 12.8 Å². The number of likely N-dealkylation sites (tertiary alicyclic amines) is 1. The van der Waals surface area contributed by atoms with E-state index >= 15 is 0 Å². The smallest absolute Gasteiger partial charge is 0.264 e. The zero-order valence-corrected chi connectivity index (χ0v) is 11.8. The molecule has 0 bridgehead atoms. The molecule has 19 heavy (non-hydrogen) atoms. The number of aliphatic hydroxyl groups is 1. The van der Waals surface area contributed by atoms with Gasteiger partial charge >= 0.3 is 0 Å². The number of hydrogen-bond donors (Lipinski definition) is 1. The second-order valence-corrected chi connectivity index (χ2v) is 7.44. The van der Waals surface area contributed by atoms with Crippen molar-refractivity contribution < 1.29 is 9.90 Å². The number of amides is 1. The summed E-state index contributed by atoms with van der Waals surface area (Å²) in [6.45, 7) is 1.08. The third-order valence-electron chi connectivity index (χ3n) is 4.76. The number of β-amino-alcohol motifs (C(OH)–C–C–N with tert-alkyl or cyclic N) is 1. The predicted molar refractivity (Wildman–Crippen MR) is 74.5 cm³/mol. The lowest BCUT2D eigenvalue weighted by Gasteiger charge is -2.46. The highest BCUT2D eigenvalue weighted by atomic mass is 32.1. The number of carbonyl (C=O) groups excluding carboxylic acids is 1. The highest BCUT2D eigenvalue weighted by Crippen LogP contribution is 2.45. The Balaban J connectivity index is 1.47. The van der Waals surface area contributed by atoms with E-state index in [9.17, 15) is 9.90 Å². The number of rotatable bonds is 2. The molecule has 0 radical (unpaired) electrons. The maximum Gasteiger partial charge on any atom is 0.264 e. The van der Waals surface area contributed by atoms with Crippen LogP contribution in [0.15, 0.2) is 6.07 Å². The van der Waals surface area contributed by atoms with Crippen LogP contribution in [0.2, 0.25) is 0 Å². The Morgan fingerprint density at radius 2 is 2.05 bits per heavy atom. The highest BCUT2D eigenvalue weighted by molar-refractivity contribution is 7.14. The fourth-order valence-electron chi connectivity index (χ4n) is 3.39. The van der Waals surface area contributed by atoms with Crippen molar-refractivity contribution in [2.45, 2.75) is 44.1 Å². The second kappa shape index (κ2) is 4.06. The molecule has 2 fully saturated rings. The van der Waals surface area contributed by atoms with Crippen LogP contribution in [0.4, 0.5) is 0 Å². The SMILES string of the molecule is O=C(c1cc2c(s1)CCCC2)N1CC(O)(C2CC2)C1. The van der Waals surface area contributed by atoms with Crippen LogP contribution in [-0.4, -0.2) is 34.6 Å². The molecule has 0 atom stereocenters. The molecule has 102 valence electrons. The summed E-state index contributed by atoms with van der Waals surface area (Å²) in [7, 11) is 0. The van der Waals surface area contributed by atoms with Crippen LogP contribution in [0.25, 0.3) is 0 Å². The van der Waals surface area contributed by atoms with Crippen LogP contribution < -0.4 is 0 Å². The van der Waals surface area contributed by atoms with E-state index in [0.29, 0.717) is 19.0 Å². The molecule has 1 saturated carbocycles. The van der Waals surface area contributed by atoms with Gasteiger partial charge in [-0.3, -0.25) is 4.79 Å². The fourth-order valence-corrected chi connectivity index (χ4v) is 4.61. The fraction of sp³-hybridized carbons (Fsp3) is 0.667. The number of fused-ring (bicyclic) bond motifs is 1. The maximum absolute atomic E-state index is 12.4. The van der Waals surface area contributed by atoms with Gasteiger partial charge in [-0.15, -0.1) is 11.3 Å². The molecule has 0 unspecified atom stereocenters. The molecule has 1 aromatic heterocycles. The molecule has 1 aliphatic heterocycles. The quantitative estimate of drug-likeness (QED) is 0.900. The van der Waals surface area contributed by atoms with E-state index in [2.05, 4.69) is 6.07 Å². The molecule has 4 rings (SSSR count). The van der Waals surface area contributed by atoms with E-state index in [1.807, 2.05) is 4.90 Å². The molecule has 3 aliphatic rings. The minimum atomic E-state index is -0.563. The van der Waals surface area contributed by atoms with Crippen molar-refractivity contribution in [1.82, 2.24) is 4.90 Å². The number of thiophene rings is 1. The minimum absolute atomic E-state index is 0.129. The van der Waals surface area contributed by atoms with Crippen molar-refractivity contribution >= 4 is 17.2 Å². The Labute approximate surface area is 117 Å². The molecule has 1 amide bonds. The van der Waals surface area contributed by atoms with Gasteiger partial charge in [0.25, 0.3) is 5.91 Å². The Morgan fingerprint density at radius 3 is 2.74 bits per heavy atom. The molecule has 2 aliphatic carbocycles. The molecule has 3 nitrogen and oxygen atoms in total. The topological polar surface area (TPSA) is 40.5 Å². The van der Waals surface area contributed by atoms with Crippen LogP contribution in [0.5, 0.6) is 0 Å². The normalized spacial score (nSPS) is 24.8. The van der Waals surface area contributed by atoms with Crippen molar-refractivity contribution in [2.75, 3.05) is 13.1 Å². The molecule has 1 N–H and O–H groups in total. The van der Waals surface area contributed by atoms with E-state index in [4.69, 9.17) is 0 Å². The highest BCUT2D eigenvalue weighted by Gasteiger charge is 2.53. The van der Waals surface area contributed by atoms with Gasteiger partial charge in [-0.05, 0) is 56.1 Å². The van der Waals surface area contributed by atoms with E-state index in [-0.39, 0.29) is 5.91 Å². The number of carbonyl (C=O) groups is 1. The van der Waals surface area contributed by atoms with Crippen LogP contribution in [0, 0.1) is 5.92 Å². The Hall–Kier alpha value is -0.870. The Bertz CT molecular complexity index is 503. The summed E-state index contributed by atoms with van der Waals surface area (Å²) in [5, 5.41) is 10.3. The van der Waals surface area contributed by atoms with Gasteiger partial charge in [0.2, 0.25) is 0 Å². The zero-order chi connectivity index (χ0) is 13.0. The predicted octanol–water partition coefficient (Wildman–Crippen LogP) is 2.22. The third kappa shape index (κ3) is 1.93. The second-order valence-electron chi connectivity index (χ2n) is 6.31. The molecule has 1 aromatic rings. The average molecular weight is 277 g/mol. The molecule has 0 aromatic carbocycles. The molecule has 2 heterocycles. The lowest BCUT2D eigenvalue weighted by atomic mass is 9.88. The first-order valence-electron chi connectivity index (χ1n) is 7.29. The van der Waals surface area contributed by atoms with Gasteiger partial charge in [0, 0.05) is 4.88 Å². The molecule has 4 heteroatoms. The van der Waals surface area contributed by atoms with Gasteiger partial charge in [-0.25, -0.2) is 0 Å². The van der Waals surface area contributed by atoms with Gasteiger partial charge in [0.1, 0.15) is 5.60 Å². The van der Waals surface area contributed by atoms with Gasteiger partial charge in [-0.2, -0.15) is 0 Å². The van der Waals surface area contributed by atoms with Gasteiger partial charge in [0.15, 0.2) is 0 Å². The molecular formula is C15H19NO2S. The maximum atomic E-state index is 12.4. The Kier molecular flexibility index (Phi) is 2.55. The van der Waals surface area contributed by atoms with Crippen molar-refractivity contribution in [3.63, 3.8) is 0 Å². The number of hydrogen-bond acceptors (Lipinski definition) is 3. The Morgan fingerprint density at radius 1 is 1.32 bits per heavy atom.